The molecule has 0 aliphatic carbocycles. The van der Waals surface area contributed by atoms with E-state index in [2.05, 4.69) is 4.74 Å². The number of halogens is 11. The Bertz CT molecular complexity index is 1530. The lowest BCUT2D eigenvalue weighted by molar-refractivity contribution is -0.478. The molecule has 4 rings (SSSR count). The number of rotatable bonds is 10. The number of para-hydroxylation sites is 1. The minimum Gasteiger partial charge on any atom is -0.501 e. The molecule has 244 valence electrons. The summed E-state index contributed by atoms with van der Waals surface area (Å²) in [6, 6.07) is 27.3. The summed E-state index contributed by atoms with van der Waals surface area (Å²) in [5.41, 5.74) is -1.44. The highest BCUT2D eigenvalue weighted by atomic mass is 31.2. The lowest BCUT2D eigenvalue weighted by atomic mass is 10.2. The maximum Gasteiger partial charge on any atom is 0.462 e. The van der Waals surface area contributed by atoms with E-state index in [1.54, 1.807) is 0 Å². The van der Waals surface area contributed by atoms with Crippen LogP contribution in [0.25, 0.3) is 0 Å². The Morgan fingerprint density at radius 2 is 0.848 bits per heavy atom. The molecular formula is C31H21F11O3P+. The molecule has 15 heteroatoms. The highest BCUT2D eigenvalue weighted by molar-refractivity contribution is 7.98. The van der Waals surface area contributed by atoms with Gasteiger partial charge >= 0.3 is 35.7 Å². The first-order chi connectivity index (χ1) is 21.4. The van der Waals surface area contributed by atoms with Gasteiger partial charge in [-0.25, -0.2) is 0 Å². The van der Waals surface area contributed by atoms with E-state index in [0.29, 0.717) is 0 Å². The van der Waals surface area contributed by atoms with Gasteiger partial charge in [-0.05, 0) is 48.5 Å². The van der Waals surface area contributed by atoms with Crippen molar-refractivity contribution in [3.05, 3.63) is 133 Å². The molecule has 0 amide bonds. The van der Waals surface area contributed by atoms with Crippen LogP contribution in [0.5, 0.6) is 5.75 Å². The minimum absolute atomic E-state index is 0.0294. The molecule has 3 nitrogen and oxygen atoms in total. The van der Waals surface area contributed by atoms with Gasteiger partial charge in [0.25, 0.3) is 5.76 Å². The molecule has 0 radical (unpaired) electrons. The topological polar surface area (TPSA) is 38.7 Å². The van der Waals surface area contributed by atoms with Crippen molar-refractivity contribution in [2.45, 2.75) is 30.2 Å². The van der Waals surface area contributed by atoms with Gasteiger partial charge in [0, 0.05) is 0 Å². The van der Waals surface area contributed by atoms with Crippen molar-refractivity contribution in [3.8, 4) is 5.75 Å². The van der Waals surface area contributed by atoms with E-state index >= 15 is 4.39 Å². The van der Waals surface area contributed by atoms with Crippen molar-refractivity contribution in [3.63, 3.8) is 0 Å². The summed E-state index contributed by atoms with van der Waals surface area (Å²) >= 11 is 0. The number of hydrogen-bond donors (Lipinski definition) is 1. The maximum atomic E-state index is 16.2. The van der Waals surface area contributed by atoms with Crippen molar-refractivity contribution in [1.29, 1.82) is 0 Å². The first-order valence-corrected chi connectivity index (χ1v) is 14.7. The molecule has 1 N–H and O–H groups in total. The van der Waals surface area contributed by atoms with Gasteiger partial charge in [-0.15, -0.1) is 0 Å². The largest absolute Gasteiger partial charge is 0.501 e. The van der Waals surface area contributed by atoms with Crippen molar-refractivity contribution < 1.29 is 62.9 Å². The average molecular weight is 681 g/mol. The maximum absolute atomic E-state index is 16.2. The summed E-state index contributed by atoms with van der Waals surface area (Å²) in [6.07, 6.45) is -21.3. The molecule has 0 bridgehead atoms. The molecule has 46 heavy (non-hydrogen) atoms. The summed E-state index contributed by atoms with van der Waals surface area (Å²) in [7, 11) is -4.26. The zero-order chi connectivity index (χ0) is 34.0. The van der Waals surface area contributed by atoms with E-state index < -0.39 is 54.5 Å². The Hall–Kier alpha value is -4.16. The van der Waals surface area contributed by atoms with Gasteiger partial charge in [0.15, 0.2) is 7.26 Å². The van der Waals surface area contributed by atoms with Crippen molar-refractivity contribution >= 4 is 23.2 Å². The average Bonchev–Trinajstić information content (AvgIpc) is 3.01. The van der Waals surface area contributed by atoms with Crippen LogP contribution in [0.2, 0.25) is 0 Å². The molecule has 4 aromatic rings. The second-order valence-corrected chi connectivity index (χ2v) is 12.8. The first-order valence-electron chi connectivity index (χ1n) is 12.9. The number of ether oxygens (including phenoxy) is 2. The van der Waals surface area contributed by atoms with Crippen LogP contribution in [0.3, 0.4) is 0 Å². The molecular weight excluding hydrogens is 660 g/mol. The predicted octanol–water partition coefficient (Wildman–Crippen LogP) is 8.82. The van der Waals surface area contributed by atoms with Crippen molar-refractivity contribution in [1.82, 2.24) is 0 Å². The van der Waals surface area contributed by atoms with Crippen LogP contribution >= 0.6 is 7.26 Å². The van der Waals surface area contributed by atoms with Crippen LogP contribution in [-0.2, 0) is 4.74 Å². The second kappa shape index (κ2) is 12.6. The van der Waals surface area contributed by atoms with Crippen molar-refractivity contribution in [2.75, 3.05) is 0 Å². The number of hydrogen-bond acceptors (Lipinski definition) is 3. The van der Waals surface area contributed by atoms with Crippen LogP contribution in [0.1, 0.15) is 0 Å². The molecule has 1 unspecified atom stereocenters. The Morgan fingerprint density at radius 3 is 1.17 bits per heavy atom. The minimum atomic E-state index is -7.34. The van der Waals surface area contributed by atoms with E-state index in [1.165, 1.54) is 109 Å². The van der Waals surface area contributed by atoms with Gasteiger partial charge in [0.1, 0.15) is 21.7 Å². The molecule has 0 saturated heterocycles. The third kappa shape index (κ3) is 6.15. The fraction of sp³-hybridized carbons (Fsp3) is 0.161. The van der Waals surface area contributed by atoms with Crippen LogP contribution < -0.4 is 20.7 Å². The Labute approximate surface area is 254 Å². The number of aliphatic hydroxyl groups is 1. The Morgan fingerprint density at radius 1 is 0.500 bits per heavy atom. The lowest BCUT2D eigenvalue weighted by Crippen LogP contribution is -2.60. The second-order valence-electron chi connectivity index (χ2n) is 9.53. The summed E-state index contributed by atoms with van der Waals surface area (Å²) < 4.78 is 163. The van der Waals surface area contributed by atoms with Gasteiger partial charge < -0.3 is 9.84 Å². The first kappa shape index (κ1) is 34.7. The highest BCUT2D eigenvalue weighted by Crippen LogP contribution is 2.65. The lowest BCUT2D eigenvalue weighted by Gasteiger charge is -2.36. The van der Waals surface area contributed by atoms with E-state index in [0.717, 1.165) is 12.1 Å². The van der Waals surface area contributed by atoms with Crippen molar-refractivity contribution in [2.24, 2.45) is 0 Å². The predicted molar refractivity (Wildman–Crippen MR) is 149 cm³/mol. The van der Waals surface area contributed by atoms with Gasteiger partial charge in [-0.3, -0.25) is 4.74 Å². The van der Waals surface area contributed by atoms with E-state index in [1.807, 2.05) is 0 Å². The van der Waals surface area contributed by atoms with Crippen LogP contribution in [-0.4, -0.2) is 35.3 Å². The summed E-state index contributed by atoms with van der Waals surface area (Å²) in [5, 5.41) is 11.4. The standard InChI is InChI=1S/C31H20F11O3P/c32-27(29(35,36)37,45-31(41,42)28(33,34)30(38,39)40)25(43)26(44-21-13-5-1-6-14-21)46(22-15-7-2-8-16-22,23-17-9-3-10-18-23)24-19-11-4-12-20-24/h1-20H/p+1/b26-25-. The molecule has 1 atom stereocenters. The monoisotopic (exact) mass is 681 g/mol. The third-order valence-electron chi connectivity index (χ3n) is 6.55. The third-order valence-corrected chi connectivity index (χ3v) is 10.7. The van der Waals surface area contributed by atoms with Crippen LogP contribution in [0.4, 0.5) is 48.3 Å². The van der Waals surface area contributed by atoms with Crippen LogP contribution in [0.15, 0.2) is 133 Å². The number of aliphatic hydroxyl groups excluding tert-OH is 1. The molecule has 0 aliphatic heterocycles. The van der Waals surface area contributed by atoms with E-state index in [4.69, 9.17) is 4.74 Å². The molecule has 0 saturated carbocycles. The fourth-order valence-electron chi connectivity index (χ4n) is 4.41. The molecule has 0 aliphatic rings. The summed E-state index contributed by atoms with van der Waals surface area (Å²) in [4.78, 5) is 0. The molecule has 0 aromatic heterocycles. The SMILES string of the molecule is O/C(=C(/Oc1ccccc1)[P+](c1ccccc1)(c1ccccc1)c1ccccc1)C(F)(OC(F)(F)C(F)(F)C(F)(F)F)C(F)(F)F. The number of alkyl halides is 11. The zero-order valence-corrected chi connectivity index (χ0v) is 23.8. The van der Waals surface area contributed by atoms with Gasteiger partial charge in [-0.2, -0.15) is 48.3 Å². The Kier molecular flexibility index (Phi) is 9.48. The highest BCUT2D eigenvalue weighted by Gasteiger charge is 2.80. The molecule has 0 fully saturated rings. The number of benzene rings is 4. The summed E-state index contributed by atoms with van der Waals surface area (Å²) in [5.74, 6) is -17.0. The molecule has 4 aromatic carbocycles. The Balaban J connectivity index is 2.21. The summed E-state index contributed by atoms with van der Waals surface area (Å²) in [6.45, 7) is 0. The molecule has 0 spiro atoms. The smallest absolute Gasteiger partial charge is 0.462 e. The zero-order valence-electron chi connectivity index (χ0n) is 22.9. The fourth-order valence-corrected chi connectivity index (χ4v) is 8.57. The molecule has 0 heterocycles. The van der Waals surface area contributed by atoms with Gasteiger partial charge in [-0.1, -0.05) is 72.8 Å². The van der Waals surface area contributed by atoms with Gasteiger partial charge in [0.05, 0.1) is 0 Å². The van der Waals surface area contributed by atoms with E-state index in [9.17, 15) is 49.0 Å². The van der Waals surface area contributed by atoms with Crippen LogP contribution in [0, 0.1) is 0 Å². The normalized spacial score (nSPS) is 15.1. The van der Waals surface area contributed by atoms with E-state index in [-0.39, 0.29) is 15.9 Å². The van der Waals surface area contributed by atoms with Gasteiger partial charge in [0.2, 0.25) is 0 Å². The quantitative estimate of drug-likeness (QED) is 0.103.